The molecule has 1 saturated heterocycles. The number of carbonyl (C=O) groups excluding carboxylic acids is 1. The van der Waals surface area contributed by atoms with Crippen molar-refractivity contribution in [2.75, 3.05) is 13.1 Å². The second-order valence-corrected chi connectivity index (χ2v) is 7.69. The minimum absolute atomic E-state index is 0.0292. The third-order valence-corrected chi connectivity index (χ3v) is 5.29. The van der Waals surface area contributed by atoms with Crippen molar-refractivity contribution in [2.45, 2.75) is 57.4 Å². The summed E-state index contributed by atoms with van der Waals surface area (Å²) in [6, 6.07) is 4.33. The smallest absolute Gasteiger partial charge is 0.420 e. The minimum Gasteiger partial charge on any atom is -0.490 e. The summed E-state index contributed by atoms with van der Waals surface area (Å²) in [6.07, 6.45) is -2.86. The van der Waals surface area contributed by atoms with E-state index in [2.05, 4.69) is 0 Å². The number of carbonyl (C=O) groups is 1. The number of ether oxygens (including phenoxy) is 1. The lowest BCUT2D eigenvalue weighted by molar-refractivity contribution is -0.151. The highest BCUT2D eigenvalue weighted by Crippen LogP contribution is 2.40. The molecule has 1 aliphatic heterocycles. The molecule has 1 aromatic carbocycles. The molecule has 0 spiro atoms. The Bertz CT molecular complexity index is 671. The molecule has 1 heterocycles. The van der Waals surface area contributed by atoms with Crippen molar-refractivity contribution in [1.29, 1.82) is 0 Å². The summed E-state index contributed by atoms with van der Waals surface area (Å²) in [6.45, 7) is 4.08. The third-order valence-electron chi connectivity index (χ3n) is 5.29. The van der Waals surface area contributed by atoms with Crippen LogP contribution >= 0.6 is 0 Å². The van der Waals surface area contributed by atoms with Crippen LogP contribution in [0.2, 0.25) is 0 Å². The number of aryl methyl sites for hydroxylation is 1. The fourth-order valence-corrected chi connectivity index (χ4v) is 3.91. The summed E-state index contributed by atoms with van der Waals surface area (Å²) in [7, 11) is 0. The lowest BCUT2D eigenvalue weighted by Crippen LogP contribution is -2.51. The Morgan fingerprint density at radius 3 is 2.42 bits per heavy atom. The normalized spacial score (nSPS) is 27.2. The molecule has 3 rings (SSSR count). The van der Waals surface area contributed by atoms with Crippen LogP contribution in [0, 0.1) is 12.8 Å². The zero-order chi connectivity index (χ0) is 19.1. The van der Waals surface area contributed by atoms with Crippen LogP contribution in [0.3, 0.4) is 0 Å². The molecule has 1 saturated carbocycles. The fourth-order valence-electron chi connectivity index (χ4n) is 3.91. The first-order valence-electron chi connectivity index (χ1n) is 8.91. The van der Waals surface area contributed by atoms with Gasteiger partial charge in [0.15, 0.2) is 0 Å². The van der Waals surface area contributed by atoms with Gasteiger partial charge in [-0.05, 0) is 38.3 Å². The predicted octanol–water partition coefficient (Wildman–Crippen LogP) is 3.54. The standard InChI is InChI=1S/C19H24F3NO3/c1-12-4-3-5-15(16(12)19(20,21)22)26-14-6-8-23(9-7-14)17(24)13-10-18(2,25)11-13/h3-5,13-14,25H,6-11H2,1-2H3/t13-,18+. The maximum atomic E-state index is 13.3. The van der Waals surface area contributed by atoms with E-state index < -0.39 is 17.3 Å². The van der Waals surface area contributed by atoms with Crippen LogP contribution in [0.5, 0.6) is 5.75 Å². The number of alkyl halides is 3. The van der Waals surface area contributed by atoms with Crippen LogP contribution in [0.25, 0.3) is 0 Å². The Morgan fingerprint density at radius 1 is 1.27 bits per heavy atom. The molecule has 0 atom stereocenters. The molecule has 0 radical (unpaired) electrons. The molecule has 1 aromatic rings. The number of likely N-dealkylation sites (tertiary alicyclic amines) is 1. The van der Waals surface area contributed by atoms with Crippen molar-refractivity contribution in [3.63, 3.8) is 0 Å². The summed E-state index contributed by atoms with van der Waals surface area (Å²) in [5.74, 6) is -0.255. The molecule has 4 nitrogen and oxygen atoms in total. The number of hydrogen-bond acceptors (Lipinski definition) is 3. The topological polar surface area (TPSA) is 49.8 Å². The van der Waals surface area contributed by atoms with E-state index in [1.54, 1.807) is 17.9 Å². The van der Waals surface area contributed by atoms with Gasteiger partial charge in [-0.3, -0.25) is 4.79 Å². The molecule has 1 amide bonds. The van der Waals surface area contributed by atoms with Gasteiger partial charge in [-0.2, -0.15) is 13.2 Å². The summed E-state index contributed by atoms with van der Waals surface area (Å²) in [5.41, 5.74) is -1.34. The maximum Gasteiger partial charge on any atom is 0.420 e. The van der Waals surface area contributed by atoms with Crippen LogP contribution in [0.4, 0.5) is 13.2 Å². The number of piperidine rings is 1. The summed E-state index contributed by atoms with van der Waals surface area (Å²) >= 11 is 0. The van der Waals surface area contributed by atoms with E-state index in [0.29, 0.717) is 38.8 Å². The summed E-state index contributed by atoms with van der Waals surface area (Å²) < 4.78 is 45.5. The van der Waals surface area contributed by atoms with E-state index in [4.69, 9.17) is 4.74 Å². The van der Waals surface area contributed by atoms with E-state index in [-0.39, 0.29) is 29.2 Å². The minimum atomic E-state index is -4.46. The molecule has 2 fully saturated rings. The van der Waals surface area contributed by atoms with Gasteiger partial charge >= 0.3 is 6.18 Å². The maximum absolute atomic E-state index is 13.3. The van der Waals surface area contributed by atoms with E-state index in [0.717, 1.165) is 0 Å². The Balaban J connectivity index is 1.58. The largest absolute Gasteiger partial charge is 0.490 e. The number of nitrogens with zero attached hydrogens (tertiary/aromatic N) is 1. The van der Waals surface area contributed by atoms with Gasteiger partial charge in [0, 0.05) is 31.8 Å². The predicted molar refractivity (Wildman–Crippen MR) is 89.8 cm³/mol. The molecular weight excluding hydrogens is 347 g/mol. The highest BCUT2D eigenvalue weighted by atomic mass is 19.4. The van der Waals surface area contributed by atoms with Crippen LogP contribution in [-0.4, -0.2) is 40.7 Å². The molecule has 0 unspecified atom stereocenters. The van der Waals surface area contributed by atoms with E-state index in [9.17, 15) is 23.1 Å². The van der Waals surface area contributed by atoms with Gasteiger partial charge < -0.3 is 14.7 Å². The first-order valence-corrected chi connectivity index (χ1v) is 8.91. The van der Waals surface area contributed by atoms with Crippen molar-refractivity contribution >= 4 is 5.91 Å². The van der Waals surface area contributed by atoms with Crippen LogP contribution in [0.15, 0.2) is 18.2 Å². The first kappa shape index (κ1) is 19.0. The third kappa shape index (κ3) is 3.98. The molecule has 0 bridgehead atoms. The molecule has 144 valence electrons. The molecule has 1 aliphatic carbocycles. The highest BCUT2D eigenvalue weighted by Gasteiger charge is 2.44. The molecule has 0 aromatic heterocycles. The molecule has 7 heteroatoms. The first-order chi connectivity index (χ1) is 12.1. The van der Waals surface area contributed by atoms with Gasteiger partial charge in [0.2, 0.25) is 5.91 Å². The van der Waals surface area contributed by atoms with Gasteiger partial charge in [0.25, 0.3) is 0 Å². The van der Waals surface area contributed by atoms with Gasteiger partial charge in [0.05, 0.1) is 5.60 Å². The molecule has 1 N–H and O–H groups in total. The highest BCUT2D eigenvalue weighted by molar-refractivity contribution is 5.80. The number of amides is 1. The van der Waals surface area contributed by atoms with Gasteiger partial charge in [-0.1, -0.05) is 12.1 Å². The lowest BCUT2D eigenvalue weighted by atomic mass is 9.71. The van der Waals surface area contributed by atoms with Crippen LogP contribution < -0.4 is 4.74 Å². The Hall–Kier alpha value is -1.76. The Morgan fingerprint density at radius 2 is 1.88 bits per heavy atom. The average Bonchev–Trinajstić information content (AvgIpc) is 2.51. The number of halogens is 3. The zero-order valence-electron chi connectivity index (χ0n) is 15.0. The Kier molecular flexibility index (Phi) is 4.94. The van der Waals surface area contributed by atoms with Crippen molar-refractivity contribution in [1.82, 2.24) is 4.90 Å². The van der Waals surface area contributed by atoms with Gasteiger partial charge in [0.1, 0.15) is 17.4 Å². The van der Waals surface area contributed by atoms with Crippen molar-refractivity contribution in [2.24, 2.45) is 5.92 Å². The zero-order valence-corrected chi connectivity index (χ0v) is 15.0. The number of aliphatic hydroxyl groups is 1. The van der Waals surface area contributed by atoms with Gasteiger partial charge in [-0.15, -0.1) is 0 Å². The summed E-state index contributed by atoms with van der Waals surface area (Å²) in [5, 5.41) is 9.77. The quantitative estimate of drug-likeness (QED) is 0.884. The monoisotopic (exact) mass is 371 g/mol. The fraction of sp³-hybridized carbons (Fsp3) is 0.632. The van der Waals surface area contributed by atoms with Crippen molar-refractivity contribution in [3.05, 3.63) is 29.3 Å². The number of benzene rings is 1. The van der Waals surface area contributed by atoms with E-state index in [1.807, 2.05) is 0 Å². The summed E-state index contributed by atoms with van der Waals surface area (Å²) in [4.78, 5) is 14.1. The van der Waals surface area contributed by atoms with E-state index >= 15 is 0 Å². The molecule has 26 heavy (non-hydrogen) atoms. The lowest BCUT2D eigenvalue weighted by Gasteiger charge is -2.43. The number of rotatable bonds is 3. The average molecular weight is 371 g/mol. The number of hydrogen-bond donors (Lipinski definition) is 1. The van der Waals surface area contributed by atoms with Crippen molar-refractivity contribution in [3.8, 4) is 5.75 Å². The Labute approximate surface area is 150 Å². The second kappa shape index (κ2) is 6.76. The van der Waals surface area contributed by atoms with E-state index in [1.165, 1.54) is 19.1 Å². The SMILES string of the molecule is Cc1cccc(OC2CCN(C(=O)[C@H]3C[C@@](C)(O)C3)CC2)c1C(F)(F)F. The van der Waals surface area contributed by atoms with Gasteiger partial charge in [-0.25, -0.2) is 0 Å². The van der Waals surface area contributed by atoms with Crippen molar-refractivity contribution < 1.29 is 27.8 Å². The molecule has 2 aliphatic rings. The second-order valence-electron chi connectivity index (χ2n) is 7.69. The van der Waals surface area contributed by atoms with Crippen LogP contribution in [-0.2, 0) is 11.0 Å². The van der Waals surface area contributed by atoms with Crippen LogP contribution in [0.1, 0.15) is 43.7 Å². The molecular formula is C19H24F3NO3.